The number of hydrogen-bond acceptors (Lipinski definition) is 3. The Balaban J connectivity index is 0.000000302. The third-order valence-corrected chi connectivity index (χ3v) is 1.64. The van der Waals surface area contributed by atoms with Crippen LogP contribution in [-0.4, -0.2) is 17.4 Å². The molecular formula is C14H16O3. The monoisotopic (exact) mass is 232 g/mol. The first-order valence-corrected chi connectivity index (χ1v) is 4.95. The van der Waals surface area contributed by atoms with Crippen LogP contribution in [0.15, 0.2) is 62.2 Å². The lowest BCUT2D eigenvalue weighted by Gasteiger charge is -2.02. The van der Waals surface area contributed by atoms with Crippen molar-refractivity contribution in [1.82, 2.24) is 0 Å². The highest BCUT2D eigenvalue weighted by atomic mass is 16.6. The number of esters is 1. The Morgan fingerprint density at radius 2 is 1.82 bits per heavy atom. The van der Waals surface area contributed by atoms with Crippen molar-refractivity contribution in [2.75, 3.05) is 0 Å². The molecule has 0 saturated heterocycles. The summed E-state index contributed by atoms with van der Waals surface area (Å²) in [4.78, 5) is 10.2. The lowest BCUT2D eigenvalue weighted by molar-refractivity contribution is -0.154. The maximum Gasteiger partial charge on any atom is 0.332 e. The van der Waals surface area contributed by atoms with E-state index < -0.39 is 12.3 Å². The van der Waals surface area contributed by atoms with Gasteiger partial charge in [0.05, 0.1) is 0 Å². The van der Waals surface area contributed by atoms with Crippen LogP contribution < -0.4 is 0 Å². The predicted molar refractivity (Wildman–Crippen MR) is 69.0 cm³/mol. The normalized spacial score (nSPS) is 10.2. The number of carbonyl (C=O) groups excluding carboxylic acids is 1. The fourth-order valence-electron chi connectivity index (χ4n) is 0.804. The number of rotatable bonds is 4. The van der Waals surface area contributed by atoms with Gasteiger partial charge in [0.25, 0.3) is 0 Å². The Hall–Kier alpha value is -2.13. The maximum absolute atomic E-state index is 10.2. The third kappa shape index (κ3) is 7.76. The molecule has 0 bridgehead atoms. The molecular weight excluding hydrogens is 216 g/mol. The zero-order chi connectivity index (χ0) is 13.1. The second-order valence-electron chi connectivity index (χ2n) is 2.88. The fourth-order valence-corrected chi connectivity index (χ4v) is 0.804. The van der Waals surface area contributed by atoms with Crippen LogP contribution in [0, 0.1) is 0 Å². The van der Waals surface area contributed by atoms with E-state index in [4.69, 9.17) is 5.11 Å². The van der Waals surface area contributed by atoms with Gasteiger partial charge < -0.3 is 9.84 Å². The summed E-state index contributed by atoms with van der Waals surface area (Å²) in [6.45, 7) is 9.95. The summed E-state index contributed by atoms with van der Waals surface area (Å²) in [5.41, 5.74) is 1.17. The predicted octanol–water partition coefficient (Wildman–Crippen LogP) is 2.55. The molecule has 0 fully saturated rings. The molecule has 0 radical (unpaired) electrons. The zero-order valence-corrected chi connectivity index (χ0v) is 9.58. The van der Waals surface area contributed by atoms with E-state index in [0.29, 0.717) is 0 Å². The van der Waals surface area contributed by atoms with Gasteiger partial charge in [0, 0.05) is 6.08 Å². The Morgan fingerprint density at radius 1 is 1.24 bits per heavy atom. The molecule has 0 spiro atoms. The molecule has 0 aliphatic carbocycles. The molecule has 0 aromatic heterocycles. The van der Waals surface area contributed by atoms with E-state index in [1.165, 1.54) is 5.56 Å². The molecule has 1 N–H and O–H groups in total. The van der Waals surface area contributed by atoms with Gasteiger partial charge >= 0.3 is 5.97 Å². The molecule has 0 aliphatic rings. The molecule has 90 valence electrons. The highest BCUT2D eigenvalue weighted by Crippen LogP contribution is 1.97. The van der Waals surface area contributed by atoms with Crippen LogP contribution >= 0.6 is 0 Å². The molecule has 1 unspecified atom stereocenters. The molecule has 1 atom stereocenters. The largest absolute Gasteiger partial charge is 0.429 e. The highest BCUT2D eigenvalue weighted by molar-refractivity contribution is 5.81. The van der Waals surface area contributed by atoms with Crippen LogP contribution in [0.4, 0.5) is 0 Å². The van der Waals surface area contributed by atoms with E-state index in [2.05, 4.69) is 24.5 Å². The van der Waals surface area contributed by atoms with Crippen molar-refractivity contribution in [3.8, 4) is 0 Å². The van der Waals surface area contributed by atoms with Crippen LogP contribution in [-0.2, 0) is 9.53 Å². The third-order valence-electron chi connectivity index (χ3n) is 1.64. The van der Waals surface area contributed by atoms with E-state index in [9.17, 15) is 4.79 Å². The first-order valence-electron chi connectivity index (χ1n) is 4.95. The SMILES string of the molecule is C=CC(=O)OC(O)C=C.C=Cc1ccccc1. The van der Waals surface area contributed by atoms with Gasteiger partial charge in [-0.15, -0.1) is 0 Å². The van der Waals surface area contributed by atoms with E-state index in [-0.39, 0.29) is 0 Å². The van der Waals surface area contributed by atoms with Gasteiger partial charge in [-0.1, -0.05) is 56.1 Å². The lowest BCUT2D eigenvalue weighted by atomic mass is 10.2. The first kappa shape index (κ1) is 14.9. The van der Waals surface area contributed by atoms with Gasteiger partial charge in [0.2, 0.25) is 6.29 Å². The summed E-state index contributed by atoms with van der Waals surface area (Å²) in [6.07, 6.45) is 2.67. The minimum absolute atomic E-state index is 0.664. The molecule has 1 aromatic rings. The number of hydrogen-bond donors (Lipinski definition) is 1. The van der Waals surface area contributed by atoms with E-state index in [1.54, 1.807) is 0 Å². The van der Waals surface area contributed by atoms with Gasteiger partial charge in [-0.05, 0) is 11.6 Å². The lowest BCUT2D eigenvalue weighted by Crippen LogP contribution is -2.12. The number of ether oxygens (including phenoxy) is 1. The molecule has 0 aliphatic heterocycles. The van der Waals surface area contributed by atoms with Crippen molar-refractivity contribution < 1.29 is 14.6 Å². The summed E-state index contributed by atoms with van der Waals surface area (Å²) < 4.78 is 4.23. The summed E-state index contributed by atoms with van der Waals surface area (Å²) in [7, 11) is 0. The number of aliphatic hydroxyl groups is 1. The topological polar surface area (TPSA) is 46.5 Å². The van der Waals surface area contributed by atoms with Gasteiger partial charge in [-0.2, -0.15) is 0 Å². The van der Waals surface area contributed by atoms with Crippen LogP contribution in [0.5, 0.6) is 0 Å². The van der Waals surface area contributed by atoms with Gasteiger partial charge in [-0.25, -0.2) is 4.79 Å². The standard InChI is InChI=1S/C8H8.C6H8O3/c1-2-8-6-4-3-5-7-8;1-3-5(7)9-6(8)4-2/h2-7H,1H2;3-5,7H,1-2H2. The molecule has 3 heteroatoms. The molecule has 1 rings (SSSR count). The van der Waals surface area contributed by atoms with E-state index >= 15 is 0 Å². The molecule has 0 heterocycles. The van der Waals surface area contributed by atoms with Gasteiger partial charge in [0.15, 0.2) is 0 Å². The van der Waals surface area contributed by atoms with Crippen molar-refractivity contribution in [2.24, 2.45) is 0 Å². The van der Waals surface area contributed by atoms with Crippen LogP contribution in [0.3, 0.4) is 0 Å². The molecule has 0 amide bonds. The Morgan fingerprint density at radius 3 is 2.18 bits per heavy atom. The summed E-state index contributed by atoms with van der Waals surface area (Å²) in [6, 6.07) is 10.0. The summed E-state index contributed by atoms with van der Waals surface area (Å²) >= 11 is 0. The van der Waals surface area contributed by atoms with Crippen molar-refractivity contribution in [3.05, 3.63) is 67.8 Å². The maximum atomic E-state index is 10.2. The first-order chi connectivity index (χ1) is 8.13. The van der Waals surface area contributed by atoms with Gasteiger partial charge in [-0.3, -0.25) is 0 Å². The summed E-state index contributed by atoms with van der Waals surface area (Å²) in [5.74, 6) is -0.664. The molecule has 3 nitrogen and oxygen atoms in total. The quantitative estimate of drug-likeness (QED) is 0.375. The minimum atomic E-state index is -1.23. The zero-order valence-electron chi connectivity index (χ0n) is 9.58. The highest BCUT2D eigenvalue weighted by Gasteiger charge is 2.00. The van der Waals surface area contributed by atoms with Crippen LogP contribution in [0.1, 0.15) is 5.56 Å². The number of carbonyl (C=O) groups is 1. The Bertz CT molecular complexity index is 368. The van der Waals surface area contributed by atoms with E-state index in [1.807, 2.05) is 36.4 Å². The molecule has 1 aromatic carbocycles. The molecule has 17 heavy (non-hydrogen) atoms. The van der Waals surface area contributed by atoms with Gasteiger partial charge in [0.1, 0.15) is 0 Å². The Kier molecular flexibility index (Phi) is 7.98. The number of aliphatic hydroxyl groups excluding tert-OH is 1. The van der Waals surface area contributed by atoms with Crippen molar-refractivity contribution >= 4 is 12.0 Å². The summed E-state index contributed by atoms with van der Waals surface area (Å²) in [5, 5.41) is 8.55. The smallest absolute Gasteiger partial charge is 0.332 e. The Labute approximate surface area is 101 Å². The average Bonchev–Trinajstić information content (AvgIpc) is 2.40. The van der Waals surface area contributed by atoms with Crippen molar-refractivity contribution in [3.63, 3.8) is 0 Å². The average molecular weight is 232 g/mol. The number of benzene rings is 1. The van der Waals surface area contributed by atoms with Crippen LogP contribution in [0.25, 0.3) is 6.08 Å². The van der Waals surface area contributed by atoms with Crippen LogP contribution in [0.2, 0.25) is 0 Å². The van der Waals surface area contributed by atoms with Crippen molar-refractivity contribution in [1.29, 1.82) is 0 Å². The molecule has 0 saturated carbocycles. The minimum Gasteiger partial charge on any atom is -0.429 e. The fraction of sp³-hybridized carbons (Fsp3) is 0.0714. The van der Waals surface area contributed by atoms with E-state index in [0.717, 1.165) is 12.2 Å². The second-order valence-corrected chi connectivity index (χ2v) is 2.88. The van der Waals surface area contributed by atoms with Crippen molar-refractivity contribution in [2.45, 2.75) is 6.29 Å². The second kappa shape index (κ2) is 9.12.